The minimum absolute atomic E-state index is 0.116. The third-order valence-corrected chi connectivity index (χ3v) is 3.33. The van der Waals surface area contributed by atoms with Crippen LogP contribution in [0.5, 0.6) is 0 Å². The van der Waals surface area contributed by atoms with E-state index in [4.69, 9.17) is 10.8 Å². The van der Waals surface area contributed by atoms with E-state index in [-0.39, 0.29) is 31.8 Å². The number of rotatable bonds is 2. The van der Waals surface area contributed by atoms with Gasteiger partial charge in [-0.3, -0.25) is 0 Å². The van der Waals surface area contributed by atoms with E-state index in [1.165, 1.54) is 0 Å². The number of amidine groups is 1. The van der Waals surface area contributed by atoms with E-state index in [0.717, 1.165) is 4.90 Å². The number of amides is 2. The van der Waals surface area contributed by atoms with Crippen molar-refractivity contribution >= 4 is 11.9 Å². The molecule has 1 saturated carbocycles. The fraction of sp³-hybridized carbons (Fsp3) is 0.800. The highest BCUT2D eigenvalue weighted by Crippen LogP contribution is 2.42. The lowest BCUT2D eigenvalue weighted by Crippen LogP contribution is -2.50. The molecule has 3 N–H and O–H groups in total. The number of nitrogens with zero attached hydrogens (tertiary/aromatic N) is 2. The average Bonchev–Trinajstić information content (AvgIpc) is 2.54. The Hall–Kier alpha value is -1.24. The number of nitrogens with two attached hydrogens (primary N) is 1. The van der Waals surface area contributed by atoms with E-state index < -0.39 is 23.9 Å². The van der Waals surface area contributed by atoms with Crippen molar-refractivity contribution in [2.24, 2.45) is 16.6 Å². The monoisotopic (exact) mass is 247 g/mol. The predicted octanol–water partition coefficient (Wildman–Crippen LogP) is 0.575. The van der Waals surface area contributed by atoms with Crippen molar-refractivity contribution < 1.29 is 18.7 Å². The molecule has 5 nitrogen and oxygen atoms in total. The van der Waals surface area contributed by atoms with Gasteiger partial charge < -0.3 is 15.7 Å². The second-order valence-corrected chi connectivity index (χ2v) is 4.59. The van der Waals surface area contributed by atoms with Gasteiger partial charge in [-0.15, -0.1) is 0 Å². The van der Waals surface area contributed by atoms with Crippen molar-refractivity contribution in [2.75, 3.05) is 13.2 Å². The molecule has 7 heteroatoms. The Morgan fingerprint density at radius 3 is 2.82 bits per heavy atom. The summed E-state index contributed by atoms with van der Waals surface area (Å²) in [6.45, 7) is -0.105. The smallest absolute Gasteiger partial charge is 0.345 e. The molecule has 1 heterocycles. The summed E-state index contributed by atoms with van der Waals surface area (Å²) in [5.41, 5.74) is 5.38. The molecule has 1 aliphatic heterocycles. The Balaban J connectivity index is 2.15. The summed E-state index contributed by atoms with van der Waals surface area (Å²) in [7, 11) is 0. The fourth-order valence-corrected chi connectivity index (χ4v) is 2.45. The van der Waals surface area contributed by atoms with Crippen molar-refractivity contribution in [2.45, 2.75) is 31.2 Å². The van der Waals surface area contributed by atoms with Crippen LogP contribution in [0.2, 0.25) is 0 Å². The molecule has 0 radical (unpaired) electrons. The van der Waals surface area contributed by atoms with Gasteiger partial charge in [0, 0.05) is 26.0 Å². The second kappa shape index (κ2) is 4.21. The highest BCUT2D eigenvalue weighted by atomic mass is 19.3. The largest absolute Gasteiger partial charge is 0.396 e. The van der Waals surface area contributed by atoms with Gasteiger partial charge in [0.2, 0.25) is 0 Å². The van der Waals surface area contributed by atoms with Gasteiger partial charge in [-0.2, -0.15) is 4.99 Å². The Kier molecular flexibility index (Phi) is 3.03. The van der Waals surface area contributed by atoms with Gasteiger partial charge in [0.05, 0.1) is 6.04 Å². The molecule has 0 aromatic carbocycles. The number of hydrogen-bond donors (Lipinski definition) is 2. The number of alkyl halides is 2. The SMILES string of the molecule is NC1=NC(=O)N(C2C[C@H](CO)CC2(F)F)CC1. The quantitative estimate of drug-likeness (QED) is 0.749. The number of urea groups is 1. The van der Waals surface area contributed by atoms with Crippen molar-refractivity contribution in [3.63, 3.8) is 0 Å². The minimum atomic E-state index is -2.95. The topological polar surface area (TPSA) is 78.9 Å². The molecule has 1 fully saturated rings. The Labute approximate surface area is 97.3 Å². The van der Waals surface area contributed by atoms with E-state index in [0.29, 0.717) is 6.42 Å². The van der Waals surface area contributed by atoms with Crippen LogP contribution >= 0.6 is 0 Å². The van der Waals surface area contributed by atoms with Crippen molar-refractivity contribution in [3.05, 3.63) is 0 Å². The Bertz CT molecular complexity index is 359. The zero-order valence-electron chi connectivity index (χ0n) is 9.27. The van der Waals surface area contributed by atoms with Crippen LogP contribution in [0.4, 0.5) is 13.6 Å². The first-order valence-corrected chi connectivity index (χ1v) is 5.56. The number of aliphatic hydroxyl groups excluding tert-OH is 1. The van der Waals surface area contributed by atoms with Gasteiger partial charge in [0.25, 0.3) is 5.92 Å². The summed E-state index contributed by atoms with van der Waals surface area (Å²) in [4.78, 5) is 16.1. The summed E-state index contributed by atoms with van der Waals surface area (Å²) in [5.74, 6) is -3.22. The van der Waals surface area contributed by atoms with Crippen LogP contribution < -0.4 is 5.73 Å². The standard InChI is InChI=1S/C10H15F2N3O2/c11-10(12)4-6(5-16)3-7(10)15-2-1-8(13)14-9(15)17/h6-7,16H,1-5H2,(H2,13,14,17)/t6-,7?/m0/s1. The molecule has 0 bridgehead atoms. The molecule has 2 atom stereocenters. The third kappa shape index (κ3) is 2.24. The lowest BCUT2D eigenvalue weighted by Gasteiger charge is -2.33. The molecule has 0 aromatic rings. The highest BCUT2D eigenvalue weighted by molar-refractivity contribution is 5.95. The van der Waals surface area contributed by atoms with Gasteiger partial charge >= 0.3 is 6.03 Å². The van der Waals surface area contributed by atoms with E-state index >= 15 is 0 Å². The van der Waals surface area contributed by atoms with E-state index in [1.54, 1.807) is 0 Å². The first-order valence-electron chi connectivity index (χ1n) is 5.56. The molecule has 0 spiro atoms. The minimum Gasteiger partial charge on any atom is -0.396 e. The lowest BCUT2D eigenvalue weighted by atomic mass is 10.1. The van der Waals surface area contributed by atoms with Crippen LogP contribution in [-0.2, 0) is 0 Å². The first kappa shape index (κ1) is 12.2. The molecule has 96 valence electrons. The van der Waals surface area contributed by atoms with Gasteiger partial charge in [0.15, 0.2) is 0 Å². The van der Waals surface area contributed by atoms with Crippen LogP contribution in [0, 0.1) is 5.92 Å². The van der Waals surface area contributed by atoms with Crippen LogP contribution in [0.1, 0.15) is 19.3 Å². The first-order chi connectivity index (χ1) is 7.94. The maximum Gasteiger partial charge on any atom is 0.345 e. The molecule has 2 amide bonds. The van der Waals surface area contributed by atoms with Crippen LogP contribution in [0.3, 0.4) is 0 Å². The normalized spacial score (nSPS) is 32.8. The van der Waals surface area contributed by atoms with Crippen molar-refractivity contribution in [1.82, 2.24) is 4.90 Å². The molecule has 17 heavy (non-hydrogen) atoms. The van der Waals surface area contributed by atoms with E-state index in [2.05, 4.69) is 4.99 Å². The van der Waals surface area contributed by atoms with Crippen LogP contribution in [0.15, 0.2) is 4.99 Å². The average molecular weight is 247 g/mol. The maximum absolute atomic E-state index is 13.7. The Morgan fingerprint density at radius 1 is 1.59 bits per heavy atom. The Morgan fingerprint density at radius 2 is 2.29 bits per heavy atom. The summed E-state index contributed by atoms with van der Waals surface area (Å²) in [6, 6.07) is -1.86. The number of carbonyl (C=O) groups is 1. The summed E-state index contributed by atoms with van der Waals surface area (Å²) in [5, 5.41) is 8.94. The second-order valence-electron chi connectivity index (χ2n) is 4.59. The lowest BCUT2D eigenvalue weighted by molar-refractivity contribution is -0.0507. The number of halogens is 2. The van der Waals surface area contributed by atoms with Crippen molar-refractivity contribution in [3.8, 4) is 0 Å². The molecule has 2 rings (SSSR count). The number of carbonyl (C=O) groups excluding carboxylic acids is 1. The van der Waals surface area contributed by atoms with E-state index in [9.17, 15) is 13.6 Å². The summed E-state index contributed by atoms with van der Waals surface area (Å²) < 4.78 is 27.4. The van der Waals surface area contributed by atoms with Gasteiger partial charge in [-0.1, -0.05) is 0 Å². The number of aliphatic imine (C=N–C) groups is 1. The predicted molar refractivity (Wildman–Crippen MR) is 56.9 cm³/mol. The molecule has 1 aliphatic carbocycles. The van der Waals surface area contributed by atoms with Crippen LogP contribution in [0.25, 0.3) is 0 Å². The molecule has 0 saturated heterocycles. The van der Waals surface area contributed by atoms with E-state index in [1.807, 2.05) is 0 Å². The summed E-state index contributed by atoms with van der Waals surface area (Å²) >= 11 is 0. The van der Waals surface area contributed by atoms with Crippen LogP contribution in [-0.4, -0.2) is 47.0 Å². The molecular formula is C10H15F2N3O2. The zero-order valence-corrected chi connectivity index (χ0v) is 9.27. The third-order valence-electron chi connectivity index (χ3n) is 3.33. The van der Waals surface area contributed by atoms with Gasteiger partial charge in [0.1, 0.15) is 5.84 Å². The van der Waals surface area contributed by atoms with Gasteiger partial charge in [-0.25, -0.2) is 13.6 Å². The van der Waals surface area contributed by atoms with Gasteiger partial charge in [-0.05, 0) is 12.3 Å². The maximum atomic E-state index is 13.7. The highest BCUT2D eigenvalue weighted by Gasteiger charge is 2.52. The molecule has 2 aliphatic rings. The molecule has 0 aromatic heterocycles. The molecular weight excluding hydrogens is 232 g/mol. The zero-order chi connectivity index (χ0) is 12.6. The molecule has 1 unspecified atom stereocenters. The fourth-order valence-electron chi connectivity index (χ4n) is 2.45. The van der Waals surface area contributed by atoms with Crippen molar-refractivity contribution in [1.29, 1.82) is 0 Å². The summed E-state index contributed by atoms with van der Waals surface area (Å²) in [6.07, 6.45) is 0.0594. The number of aliphatic hydroxyl groups is 1. The number of hydrogen-bond acceptors (Lipinski definition) is 3.